The minimum atomic E-state index is -0.354. The molecule has 0 heterocycles. The van der Waals surface area contributed by atoms with E-state index in [4.69, 9.17) is 4.74 Å². The Labute approximate surface area is 427 Å². The third-order valence-electron chi connectivity index (χ3n) is 17.5. The zero-order chi connectivity index (χ0) is 50.2. The first kappa shape index (κ1) is 45.8. The first-order valence-corrected chi connectivity index (χ1v) is 26.0. The van der Waals surface area contributed by atoms with Crippen LogP contribution in [0.4, 0.5) is 0 Å². The van der Waals surface area contributed by atoms with Crippen molar-refractivity contribution in [1.29, 1.82) is 0 Å². The van der Waals surface area contributed by atoms with Gasteiger partial charge in [0.2, 0.25) is 0 Å². The molecule has 0 aliphatic heterocycles. The van der Waals surface area contributed by atoms with Gasteiger partial charge < -0.3 is 4.74 Å². The van der Waals surface area contributed by atoms with Gasteiger partial charge in [-0.1, -0.05) is 183 Å². The highest BCUT2D eigenvalue weighted by Gasteiger charge is 2.40. The average molecular weight is 937 g/mol. The Kier molecular flexibility index (Phi) is 10.3. The van der Waals surface area contributed by atoms with Crippen LogP contribution < -0.4 is 0 Å². The molecule has 0 atom stereocenters. The van der Waals surface area contributed by atoms with Crippen LogP contribution >= 0.6 is 0 Å². The molecule has 0 saturated heterocycles. The highest BCUT2D eigenvalue weighted by molar-refractivity contribution is 5.91. The number of allylic oxidation sites excluding steroid dienone is 1. The molecule has 0 bridgehead atoms. The van der Waals surface area contributed by atoms with Crippen LogP contribution in [0.2, 0.25) is 0 Å². The summed E-state index contributed by atoms with van der Waals surface area (Å²) in [5, 5.41) is 0. The minimum Gasteiger partial charge on any atom is -0.463 e. The zero-order valence-electron chi connectivity index (χ0n) is 43.5. The molecule has 0 N–H and O–H groups in total. The number of carbonyl (C=O) groups excluding carboxylic acids is 1. The lowest BCUT2D eigenvalue weighted by Crippen LogP contribution is -2.16. The fourth-order valence-electron chi connectivity index (χ4n) is 13.2. The number of aryl methyl sites for hydroxylation is 1. The first-order valence-electron chi connectivity index (χ1n) is 26.0. The molecule has 0 saturated carbocycles. The van der Waals surface area contributed by atoms with Crippen molar-refractivity contribution in [1.82, 2.24) is 0 Å². The van der Waals surface area contributed by atoms with Gasteiger partial charge in [-0.3, -0.25) is 0 Å². The molecule has 0 spiro atoms. The SMILES string of the molecule is C=CC(=O)OCCCCc1ccc2c(c1)C(C)(C)c1cc(-c3ccc4c(c3)C(C)(C)c3cc(-c5ccc6c(c5)C(C)(C)c5cc(-c7ccc8c(c7)C(C)(C)c7cc(C(=C)C)ccc7-8)ccc5-6)ccc3-4)ccc1-2. The Hall–Kier alpha value is -7.29. The second kappa shape index (κ2) is 16.1. The van der Waals surface area contributed by atoms with Crippen LogP contribution in [0.1, 0.15) is 131 Å². The molecule has 0 aromatic heterocycles. The van der Waals surface area contributed by atoms with Crippen molar-refractivity contribution in [2.24, 2.45) is 0 Å². The van der Waals surface area contributed by atoms with Gasteiger partial charge in [-0.15, -0.1) is 0 Å². The molecule has 8 aromatic carbocycles. The van der Waals surface area contributed by atoms with Gasteiger partial charge in [0, 0.05) is 27.7 Å². The number of hydrogen-bond donors (Lipinski definition) is 0. The largest absolute Gasteiger partial charge is 0.463 e. The van der Waals surface area contributed by atoms with E-state index in [1.807, 2.05) is 0 Å². The zero-order valence-corrected chi connectivity index (χ0v) is 43.5. The van der Waals surface area contributed by atoms with Gasteiger partial charge in [-0.25, -0.2) is 4.79 Å². The molecular formula is C70H64O2. The summed E-state index contributed by atoms with van der Waals surface area (Å²) < 4.78 is 5.20. The molecule has 4 aliphatic rings. The molecule has 0 fully saturated rings. The second-order valence-electron chi connectivity index (χ2n) is 23.3. The van der Waals surface area contributed by atoms with Gasteiger partial charge >= 0.3 is 5.97 Å². The summed E-state index contributed by atoms with van der Waals surface area (Å²) in [7, 11) is 0. The van der Waals surface area contributed by atoms with E-state index in [-0.39, 0.29) is 27.6 Å². The van der Waals surface area contributed by atoms with Crippen LogP contribution in [0.25, 0.3) is 83.5 Å². The molecule has 0 unspecified atom stereocenters. The summed E-state index contributed by atoms with van der Waals surface area (Å²) in [4.78, 5) is 11.5. The number of ether oxygens (including phenoxy) is 1. The Morgan fingerprint density at radius 3 is 1.03 bits per heavy atom. The highest BCUT2D eigenvalue weighted by atomic mass is 16.5. The van der Waals surface area contributed by atoms with Gasteiger partial charge in [0.05, 0.1) is 6.61 Å². The molecular weight excluding hydrogens is 873 g/mol. The van der Waals surface area contributed by atoms with Crippen molar-refractivity contribution in [2.75, 3.05) is 6.61 Å². The van der Waals surface area contributed by atoms with E-state index in [0.717, 1.165) is 24.8 Å². The van der Waals surface area contributed by atoms with Gasteiger partial charge in [0.25, 0.3) is 0 Å². The van der Waals surface area contributed by atoms with Crippen LogP contribution in [-0.4, -0.2) is 12.6 Å². The minimum absolute atomic E-state index is 0.0936. The van der Waals surface area contributed by atoms with Crippen molar-refractivity contribution in [3.05, 3.63) is 220 Å². The Morgan fingerprint density at radius 2 is 0.708 bits per heavy atom. The number of rotatable bonds is 10. The Bertz CT molecular complexity index is 3680. The maximum Gasteiger partial charge on any atom is 0.330 e. The summed E-state index contributed by atoms with van der Waals surface area (Å²) in [6.07, 6.45) is 3.98. The lowest BCUT2D eigenvalue weighted by atomic mass is 9.79. The smallest absolute Gasteiger partial charge is 0.330 e. The number of esters is 1. The van der Waals surface area contributed by atoms with E-state index < -0.39 is 0 Å². The van der Waals surface area contributed by atoms with Crippen molar-refractivity contribution < 1.29 is 9.53 Å². The standard InChI is InChI=1S/C70H64O2/c1-12-66(71)72-32-14-13-15-42-16-24-50-52-26-18-44(35-60(52)67(4,5)58(50)33-42)46-20-28-54-56-30-22-48(39-64(56)69(8,9)62(54)37-46)49-23-31-57-55-29-21-47(38-63(55)70(10,11)65(57)40-49)45-19-27-53-51-25-17-43(41(2)3)34-59(51)68(6,7)61(53)36-45/h12,16-31,33-40H,1-2,13-15,32H2,3-11H3. The van der Waals surface area contributed by atoms with Crippen molar-refractivity contribution in [3.63, 3.8) is 0 Å². The molecule has 72 heavy (non-hydrogen) atoms. The molecule has 2 nitrogen and oxygen atoms in total. The fraction of sp³-hybridized carbons (Fsp3) is 0.243. The van der Waals surface area contributed by atoms with E-state index in [2.05, 4.69) is 221 Å². The predicted octanol–water partition coefficient (Wildman–Crippen LogP) is 18.0. The first-order chi connectivity index (χ1) is 34.4. The number of fused-ring (bicyclic) bond motifs is 12. The number of hydrogen-bond acceptors (Lipinski definition) is 2. The monoisotopic (exact) mass is 936 g/mol. The van der Waals surface area contributed by atoms with Gasteiger partial charge in [-0.05, 0) is 196 Å². The Morgan fingerprint density at radius 1 is 0.417 bits per heavy atom. The van der Waals surface area contributed by atoms with E-state index in [1.54, 1.807) is 0 Å². The van der Waals surface area contributed by atoms with Crippen LogP contribution in [0.15, 0.2) is 165 Å². The number of unbranched alkanes of at least 4 members (excludes halogenated alkanes) is 1. The molecule has 356 valence electrons. The summed E-state index contributed by atoms with van der Waals surface area (Å²) in [6, 6.07) is 56.7. The van der Waals surface area contributed by atoms with Crippen LogP contribution in [-0.2, 0) is 37.6 Å². The normalized spacial score (nSPS) is 15.8. The fourth-order valence-corrected chi connectivity index (χ4v) is 13.2. The topological polar surface area (TPSA) is 26.3 Å². The van der Waals surface area contributed by atoms with Crippen LogP contribution in [0, 0.1) is 0 Å². The Balaban J connectivity index is 0.796. The summed E-state index contributed by atoms with van der Waals surface area (Å²) in [6.45, 7) is 29.3. The van der Waals surface area contributed by atoms with E-state index >= 15 is 0 Å². The van der Waals surface area contributed by atoms with Crippen molar-refractivity contribution in [3.8, 4) is 77.9 Å². The second-order valence-corrected chi connectivity index (χ2v) is 23.3. The quantitative estimate of drug-likeness (QED) is 0.0776. The third kappa shape index (κ3) is 6.85. The lowest BCUT2D eigenvalue weighted by molar-refractivity contribution is -0.137. The van der Waals surface area contributed by atoms with Gasteiger partial charge in [-0.2, -0.15) is 0 Å². The predicted molar refractivity (Wildman–Crippen MR) is 302 cm³/mol. The maximum atomic E-state index is 11.5. The van der Waals surface area contributed by atoms with E-state index in [1.165, 1.54) is 140 Å². The molecule has 12 rings (SSSR count). The van der Waals surface area contributed by atoms with Crippen LogP contribution in [0.3, 0.4) is 0 Å². The molecule has 2 heteroatoms. The number of benzene rings is 8. The molecule has 8 aromatic rings. The maximum absolute atomic E-state index is 11.5. The van der Waals surface area contributed by atoms with Crippen molar-refractivity contribution >= 4 is 11.5 Å². The summed E-state index contributed by atoms with van der Waals surface area (Å²) >= 11 is 0. The molecule has 4 aliphatic carbocycles. The van der Waals surface area contributed by atoms with Crippen molar-refractivity contribution in [2.45, 2.75) is 103 Å². The van der Waals surface area contributed by atoms with E-state index in [9.17, 15) is 4.79 Å². The van der Waals surface area contributed by atoms with E-state index in [0.29, 0.717) is 6.61 Å². The van der Waals surface area contributed by atoms with Gasteiger partial charge in [0.1, 0.15) is 0 Å². The number of carbonyl (C=O) groups is 1. The molecule has 0 radical (unpaired) electrons. The third-order valence-corrected chi connectivity index (χ3v) is 17.5. The lowest BCUT2D eigenvalue weighted by Gasteiger charge is -2.24. The molecule has 0 amide bonds. The summed E-state index contributed by atoms with van der Waals surface area (Å²) in [5.74, 6) is -0.354. The average Bonchev–Trinajstić information content (AvgIpc) is 3.94. The summed E-state index contributed by atoms with van der Waals surface area (Å²) in [5.41, 5.74) is 32.5. The van der Waals surface area contributed by atoms with Gasteiger partial charge in [0.15, 0.2) is 0 Å². The highest BCUT2D eigenvalue weighted by Crippen LogP contribution is 2.56. The van der Waals surface area contributed by atoms with Crippen LogP contribution in [0.5, 0.6) is 0 Å².